The van der Waals surface area contributed by atoms with Crippen LogP contribution in [0.25, 0.3) is 0 Å². The van der Waals surface area contributed by atoms with Crippen LogP contribution in [0.1, 0.15) is 30.1 Å². The van der Waals surface area contributed by atoms with Crippen LogP contribution in [0.4, 0.5) is 4.39 Å². The first-order valence-electron chi connectivity index (χ1n) is 5.96. The number of hydrogen-bond acceptors (Lipinski definition) is 3. The molecular weight excluding hydrogens is 271 g/mol. The quantitative estimate of drug-likeness (QED) is 0.865. The summed E-state index contributed by atoms with van der Waals surface area (Å²) in [6.45, 7) is 2.04. The van der Waals surface area contributed by atoms with Gasteiger partial charge in [-0.3, -0.25) is 4.79 Å². The zero-order chi connectivity index (χ0) is 14.2. The van der Waals surface area contributed by atoms with Gasteiger partial charge in [-0.15, -0.1) is 0 Å². The third kappa shape index (κ3) is 3.10. The molecule has 7 heteroatoms. The Hall–Kier alpha value is -1.47. The monoisotopic (exact) mass is 286 g/mol. The molecule has 1 aromatic carbocycles. The van der Waals surface area contributed by atoms with Crippen molar-refractivity contribution >= 4 is 15.9 Å². The molecule has 1 amide bonds. The number of halogens is 1. The summed E-state index contributed by atoms with van der Waals surface area (Å²) in [5.41, 5.74) is 0.0900. The fourth-order valence-electron chi connectivity index (χ4n) is 1.99. The summed E-state index contributed by atoms with van der Waals surface area (Å²) >= 11 is 0. The molecule has 0 saturated heterocycles. The molecule has 0 bridgehead atoms. The predicted molar refractivity (Wildman–Crippen MR) is 67.4 cm³/mol. The van der Waals surface area contributed by atoms with Crippen LogP contribution >= 0.6 is 0 Å². The Kier molecular flexibility index (Phi) is 3.60. The SMILES string of the molecule is CCC1CC1NC(=O)c1ccc(F)c(S(N)(=O)=O)c1. The number of sulfonamides is 1. The molecule has 1 aliphatic rings. The highest BCUT2D eigenvalue weighted by Gasteiger charge is 2.36. The number of nitrogens with two attached hydrogens (primary N) is 1. The maximum absolute atomic E-state index is 13.3. The highest BCUT2D eigenvalue weighted by Crippen LogP contribution is 2.33. The van der Waals surface area contributed by atoms with Crippen molar-refractivity contribution in [2.24, 2.45) is 11.1 Å². The van der Waals surface area contributed by atoms with Crippen molar-refractivity contribution in [2.75, 3.05) is 0 Å². The summed E-state index contributed by atoms with van der Waals surface area (Å²) in [6.07, 6.45) is 1.91. The Balaban J connectivity index is 2.19. The smallest absolute Gasteiger partial charge is 0.251 e. The molecule has 0 aliphatic heterocycles. The van der Waals surface area contributed by atoms with Crippen LogP contribution in [0, 0.1) is 11.7 Å². The zero-order valence-corrected chi connectivity index (χ0v) is 11.2. The lowest BCUT2D eigenvalue weighted by Gasteiger charge is -2.06. The molecule has 0 radical (unpaired) electrons. The van der Waals surface area contributed by atoms with Gasteiger partial charge in [-0.1, -0.05) is 13.3 Å². The summed E-state index contributed by atoms with van der Waals surface area (Å²) in [5.74, 6) is -0.898. The number of rotatable bonds is 4. The number of primary sulfonamides is 1. The van der Waals surface area contributed by atoms with Gasteiger partial charge in [0.05, 0.1) is 0 Å². The first-order chi connectivity index (χ1) is 8.82. The molecule has 0 heterocycles. The number of benzene rings is 1. The predicted octanol–water partition coefficient (Wildman–Crippen LogP) is 1.00. The molecule has 2 atom stereocenters. The largest absolute Gasteiger partial charge is 0.349 e. The lowest BCUT2D eigenvalue weighted by Crippen LogP contribution is -2.27. The van der Waals surface area contributed by atoms with Gasteiger partial charge in [0.1, 0.15) is 10.7 Å². The summed E-state index contributed by atoms with van der Waals surface area (Å²) in [4.78, 5) is 11.2. The van der Waals surface area contributed by atoms with E-state index in [0.717, 1.165) is 25.0 Å². The van der Waals surface area contributed by atoms with E-state index in [4.69, 9.17) is 5.14 Å². The Morgan fingerprint density at radius 2 is 2.21 bits per heavy atom. The van der Waals surface area contributed by atoms with E-state index < -0.39 is 26.6 Å². The van der Waals surface area contributed by atoms with E-state index in [1.54, 1.807) is 0 Å². The van der Waals surface area contributed by atoms with Crippen molar-refractivity contribution in [1.29, 1.82) is 0 Å². The van der Waals surface area contributed by atoms with Crippen molar-refractivity contribution in [2.45, 2.75) is 30.7 Å². The van der Waals surface area contributed by atoms with E-state index >= 15 is 0 Å². The normalized spacial score (nSPS) is 22.1. The molecular formula is C12H15FN2O3S. The Morgan fingerprint density at radius 3 is 2.74 bits per heavy atom. The van der Waals surface area contributed by atoms with Gasteiger partial charge < -0.3 is 5.32 Å². The van der Waals surface area contributed by atoms with Crippen LogP contribution in [0.3, 0.4) is 0 Å². The third-order valence-corrected chi connectivity index (χ3v) is 4.19. The number of nitrogens with one attached hydrogen (secondary N) is 1. The van der Waals surface area contributed by atoms with Gasteiger partial charge in [-0.05, 0) is 30.5 Å². The fraction of sp³-hybridized carbons (Fsp3) is 0.417. The van der Waals surface area contributed by atoms with Gasteiger partial charge in [0, 0.05) is 11.6 Å². The summed E-state index contributed by atoms with van der Waals surface area (Å²) in [6, 6.07) is 3.26. The number of carbonyl (C=O) groups is 1. The van der Waals surface area contributed by atoms with E-state index in [1.807, 2.05) is 6.92 Å². The highest BCUT2D eigenvalue weighted by molar-refractivity contribution is 7.89. The van der Waals surface area contributed by atoms with Crippen LogP contribution < -0.4 is 10.5 Å². The van der Waals surface area contributed by atoms with Crippen LogP contribution in [0.15, 0.2) is 23.1 Å². The summed E-state index contributed by atoms with van der Waals surface area (Å²) < 4.78 is 35.7. The molecule has 2 unspecified atom stereocenters. The number of carbonyl (C=O) groups excluding carboxylic acids is 1. The van der Waals surface area contributed by atoms with Crippen molar-refractivity contribution in [1.82, 2.24) is 5.32 Å². The average molecular weight is 286 g/mol. The van der Waals surface area contributed by atoms with E-state index in [9.17, 15) is 17.6 Å². The van der Waals surface area contributed by atoms with Crippen molar-refractivity contribution in [3.05, 3.63) is 29.6 Å². The lowest BCUT2D eigenvalue weighted by molar-refractivity contribution is 0.0948. The Bertz CT molecular complexity index is 615. The van der Waals surface area contributed by atoms with Crippen molar-refractivity contribution in [3.63, 3.8) is 0 Å². The van der Waals surface area contributed by atoms with Gasteiger partial charge in [-0.25, -0.2) is 17.9 Å². The van der Waals surface area contributed by atoms with Gasteiger partial charge in [-0.2, -0.15) is 0 Å². The molecule has 1 aromatic rings. The summed E-state index contributed by atoms with van der Waals surface area (Å²) in [7, 11) is -4.17. The van der Waals surface area contributed by atoms with Gasteiger partial charge in [0.15, 0.2) is 0 Å². The van der Waals surface area contributed by atoms with Crippen molar-refractivity contribution < 1.29 is 17.6 Å². The lowest BCUT2D eigenvalue weighted by atomic mass is 10.2. The minimum absolute atomic E-state index is 0.0900. The minimum atomic E-state index is -4.17. The topological polar surface area (TPSA) is 89.3 Å². The van der Waals surface area contributed by atoms with E-state index in [2.05, 4.69) is 5.32 Å². The molecule has 3 N–H and O–H groups in total. The number of amides is 1. The van der Waals surface area contributed by atoms with Crippen LogP contribution in [-0.4, -0.2) is 20.4 Å². The molecule has 0 spiro atoms. The van der Waals surface area contributed by atoms with Gasteiger partial charge in [0.25, 0.3) is 5.91 Å². The average Bonchev–Trinajstić information content (AvgIpc) is 3.06. The van der Waals surface area contributed by atoms with Crippen LogP contribution in [0.2, 0.25) is 0 Å². The maximum Gasteiger partial charge on any atom is 0.251 e. The maximum atomic E-state index is 13.3. The van der Waals surface area contributed by atoms with E-state index in [1.165, 1.54) is 6.07 Å². The molecule has 1 aliphatic carbocycles. The fourth-order valence-corrected chi connectivity index (χ4v) is 2.62. The first kappa shape index (κ1) is 14.0. The Labute approximate surface area is 111 Å². The Morgan fingerprint density at radius 1 is 1.53 bits per heavy atom. The standard InChI is InChI=1S/C12H15FN2O3S/c1-2-7-5-10(7)15-12(16)8-3-4-9(13)11(6-8)19(14,17)18/h3-4,6-7,10H,2,5H2,1H3,(H,15,16)(H2,14,17,18). The van der Waals surface area contributed by atoms with Crippen LogP contribution in [-0.2, 0) is 10.0 Å². The molecule has 1 fully saturated rings. The zero-order valence-electron chi connectivity index (χ0n) is 10.4. The van der Waals surface area contributed by atoms with Crippen LogP contribution in [0.5, 0.6) is 0 Å². The first-order valence-corrected chi connectivity index (χ1v) is 7.50. The second-order valence-electron chi connectivity index (χ2n) is 4.67. The van der Waals surface area contributed by atoms with E-state index in [0.29, 0.717) is 5.92 Å². The van der Waals surface area contributed by atoms with Gasteiger partial charge in [0.2, 0.25) is 10.0 Å². The minimum Gasteiger partial charge on any atom is -0.349 e. The molecule has 5 nitrogen and oxygen atoms in total. The van der Waals surface area contributed by atoms with Gasteiger partial charge >= 0.3 is 0 Å². The number of hydrogen-bond donors (Lipinski definition) is 2. The molecule has 1 saturated carbocycles. The summed E-state index contributed by atoms with van der Waals surface area (Å²) in [5, 5.41) is 7.66. The second kappa shape index (κ2) is 4.90. The highest BCUT2D eigenvalue weighted by atomic mass is 32.2. The molecule has 19 heavy (non-hydrogen) atoms. The second-order valence-corrected chi connectivity index (χ2v) is 6.20. The molecule has 104 valence electrons. The third-order valence-electron chi connectivity index (χ3n) is 3.26. The van der Waals surface area contributed by atoms with E-state index in [-0.39, 0.29) is 11.6 Å². The molecule has 0 aromatic heterocycles. The van der Waals surface area contributed by atoms with Crippen molar-refractivity contribution in [3.8, 4) is 0 Å². The molecule has 2 rings (SSSR count).